The van der Waals surface area contributed by atoms with Crippen LogP contribution in [0.2, 0.25) is 0 Å². The van der Waals surface area contributed by atoms with E-state index >= 15 is 0 Å². The first-order valence-electron chi connectivity index (χ1n) is 6.51. The van der Waals surface area contributed by atoms with Crippen molar-refractivity contribution in [2.45, 2.75) is 18.1 Å². The van der Waals surface area contributed by atoms with E-state index in [1.807, 2.05) is 0 Å². The zero-order valence-electron chi connectivity index (χ0n) is 10.9. The van der Waals surface area contributed by atoms with E-state index in [1.54, 1.807) is 16.5 Å². The smallest absolute Gasteiger partial charge is 0.322 e. The first-order chi connectivity index (χ1) is 9.57. The molecule has 1 aliphatic carbocycles. The number of sulfonamides is 1. The van der Waals surface area contributed by atoms with Crippen molar-refractivity contribution < 1.29 is 13.2 Å². The summed E-state index contributed by atoms with van der Waals surface area (Å²) in [6.45, 7) is 1.62. The summed E-state index contributed by atoms with van der Waals surface area (Å²) >= 11 is 1.27. The second kappa shape index (κ2) is 5.30. The van der Waals surface area contributed by atoms with Crippen molar-refractivity contribution in [2.75, 3.05) is 31.5 Å². The lowest BCUT2D eigenvalue weighted by molar-refractivity contribution is 0.184. The Morgan fingerprint density at radius 2 is 2.00 bits per heavy atom. The third-order valence-corrected chi connectivity index (χ3v) is 6.50. The highest BCUT2D eigenvalue weighted by molar-refractivity contribution is 7.90. The number of rotatable bonds is 3. The van der Waals surface area contributed by atoms with Gasteiger partial charge in [0.1, 0.15) is 0 Å². The maximum Gasteiger partial charge on any atom is 0.322 e. The minimum absolute atomic E-state index is 0.181. The number of carbonyl (C=O) groups excluding carboxylic acids is 1. The number of hydrogen-bond acceptors (Lipinski definition) is 5. The standard InChI is InChI=1S/C11H16N4O3S2/c16-11(13-9-7-12-19-8-9)14-3-5-15(6-4-14)20(17,18)10-1-2-10/h7-8,10H,1-6H2,(H,13,16). The van der Waals surface area contributed by atoms with Crippen LogP contribution in [0.3, 0.4) is 0 Å². The third-order valence-electron chi connectivity index (χ3n) is 3.51. The van der Waals surface area contributed by atoms with Crippen LogP contribution in [0.25, 0.3) is 0 Å². The van der Waals surface area contributed by atoms with Gasteiger partial charge in [-0.05, 0) is 24.4 Å². The van der Waals surface area contributed by atoms with Gasteiger partial charge >= 0.3 is 6.03 Å². The highest BCUT2D eigenvalue weighted by atomic mass is 32.2. The van der Waals surface area contributed by atoms with E-state index in [0.717, 1.165) is 12.8 Å². The van der Waals surface area contributed by atoms with Crippen LogP contribution in [0.15, 0.2) is 11.6 Å². The Hall–Kier alpha value is -1.19. The lowest BCUT2D eigenvalue weighted by Crippen LogP contribution is -2.52. The SMILES string of the molecule is O=C(Nc1cnsc1)N1CCN(S(=O)(=O)C2CC2)CC1. The summed E-state index contributed by atoms with van der Waals surface area (Å²) in [5.41, 5.74) is 0.674. The summed E-state index contributed by atoms with van der Waals surface area (Å²) in [7, 11) is -3.12. The van der Waals surface area contributed by atoms with E-state index in [1.165, 1.54) is 15.8 Å². The number of aromatic nitrogens is 1. The van der Waals surface area contributed by atoms with Crippen molar-refractivity contribution in [3.05, 3.63) is 11.6 Å². The lowest BCUT2D eigenvalue weighted by Gasteiger charge is -2.33. The van der Waals surface area contributed by atoms with E-state index in [4.69, 9.17) is 0 Å². The first-order valence-corrected chi connectivity index (χ1v) is 8.85. The van der Waals surface area contributed by atoms with Crippen molar-refractivity contribution in [1.82, 2.24) is 13.6 Å². The van der Waals surface area contributed by atoms with Crippen molar-refractivity contribution >= 4 is 33.3 Å². The number of hydrogen-bond donors (Lipinski definition) is 1. The quantitative estimate of drug-likeness (QED) is 0.893. The number of nitrogens with zero attached hydrogens (tertiary/aromatic N) is 3. The molecule has 7 nitrogen and oxygen atoms in total. The Morgan fingerprint density at radius 3 is 2.55 bits per heavy atom. The summed E-state index contributed by atoms with van der Waals surface area (Å²) in [6, 6.07) is -0.200. The molecule has 20 heavy (non-hydrogen) atoms. The summed E-state index contributed by atoms with van der Waals surface area (Å²) in [6.07, 6.45) is 3.14. The molecule has 2 aliphatic rings. The molecule has 0 unspecified atom stereocenters. The molecule has 0 aromatic carbocycles. The number of nitrogens with one attached hydrogen (secondary N) is 1. The average Bonchev–Trinajstić information content (AvgIpc) is 3.19. The van der Waals surface area contributed by atoms with Gasteiger partial charge in [-0.1, -0.05) is 0 Å². The molecule has 3 rings (SSSR count). The molecule has 9 heteroatoms. The number of amides is 2. The van der Waals surface area contributed by atoms with Crippen LogP contribution in [0.1, 0.15) is 12.8 Å². The van der Waals surface area contributed by atoms with Gasteiger partial charge in [-0.3, -0.25) is 0 Å². The van der Waals surface area contributed by atoms with Crippen LogP contribution in [0.4, 0.5) is 10.5 Å². The van der Waals surface area contributed by atoms with Crippen LogP contribution in [-0.2, 0) is 10.0 Å². The van der Waals surface area contributed by atoms with Gasteiger partial charge in [-0.15, -0.1) is 0 Å². The van der Waals surface area contributed by atoms with Crippen molar-refractivity contribution in [2.24, 2.45) is 0 Å². The molecule has 0 radical (unpaired) electrons. The molecule has 0 spiro atoms. The van der Waals surface area contributed by atoms with Gasteiger partial charge in [0.15, 0.2) is 0 Å². The van der Waals surface area contributed by atoms with Gasteiger partial charge in [0.05, 0.1) is 17.1 Å². The van der Waals surface area contributed by atoms with E-state index in [2.05, 4.69) is 9.69 Å². The van der Waals surface area contributed by atoms with E-state index in [0.29, 0.717) is 31.9 Å². The maximum atomic E-state index is 12.1. The molecule has 0 bridgehead atoms. The van der Waals surface area contributed by atoms with Crippen LogP contribution in [0, 0.1) is 0 Å². The molecule has 2 heterocycles. The normalized spacial score (nSPS) is 20.9. The number of anilines is 1. The predicted molar refractivity (Wildman–Crippen MR) is 76.2 cm³/mol. The van der Waals surface area contributed by atoms with Gasteiger partial charge < -0.3 is 10.2 Å². The van der Waals surface area contributed by atoms with E-state index in [-0.39, 0.29) is 11.3 Å². The molecular weight excluding hydrogens is 300 g/mol. The molecule has 0 atom stereocenters. The molecule has 110 valence electrons. The van der Waals surface area contributed by atoms with Gasteiger partial charge in [0, 0.05) is 31.6 Å². The minimum Gasteiger partial charge on any atom is -0.322 e. The molecule has 2 fully saturated rings. The van der Waals surface area contributed by atoms with Gasteiger partial charge in [-0.2, -0.15) is 8.68 Å². The molecule has 1 saturated heterocycles. The highest BCUT2D eigenvalue weighted by Gasteiger charge is 2.41. The Morgan fingerprint density at radius 1 is 1.30 bits per heavy atom. The monoisotopic (exact) mass is 316 g/mol. The summed E-state index contributed by atoms with van der Waals surface area (Å²) in [5, 5.41) is 4.32. The Kier molecular flexibility index (Phi) is 3.65. The number of piperazine rings is 1. The topological polar surface area (TPSA) is 82.6 Å². The summed E-state index contributed by atoms with van der Waals surface area (Å²) in [4.78, 5) is 13.6. The molecule has 2 amide bonds. The Balaban J connectivity index is 1.54. The first kappa shape index (κ1) is 13.8. The summed E-state index contributed by atoms with van der Waals surface area (Å²) in [5.74, 6) is 0. The van der Waals surface area contributed by atoms with Gasteiger partial charge in [-0.25, -0.2) is 13.2 Å². The molecular formula is C11H16N4O3S2. The van der Waals surface area contributed by atoms with Gasteiger partial charge in [0.2, 0.25) is 10.0 Å². The van der Waals surface area contributed by atoms with Crippen molar-refractivity contribution in [1.29, 1.82) is 0 Å². The zero-order chi connectivity index (χ0) is 14.2. The number of urea groups is 1. The fraction of sp³-hybridized carbons (Fsp3) is 0.636. The Bertz CT molecular complexity index is 575. The number of carbonyl (C=O) groups is 1. The minimum atomic E-state index is -3.12. The molecule has 1 saturated carbocycles. The third kappa shape index (κ3) is 2.79. The molecule has 1 aliphatic heterocycles. The lowest BCUT2D eigenvalue weighted by atomic mass is 10.4. The predicted octanol–water partition coefficient (Wildman–Crippen LogP) is 0.785. The zero-order valence-corrected chi connectivity index (χ0v) is 12.5. The fourth-order valence-corrected chi connectivity index (χ4v) is 4.49. The molecule has 1 aromatic heterocycles. The largest absolute Gasteiger partial charge is 0.322 e. The molecule has 1 aromatic rings. The van der Waals surface area contributed by atoms with Crippen molar-refractivity contribution in [3.8, 4) is 0 Å². The van der Waals surface area contributed by atoms with Gasteiger partial charge in [0.25, 0.3) is 0 Å². The van der Waals surface area contributed by atoms with Crippen molar-refractivity contribution in [3.63, 3.8) is 0 Å². The second-order valence-electron chi connectivity index (χ2n) is 4.97. The van der Waals surface area contributed by atoms with Crippen LogP contribution < -0.4 is 5.32 Å². The van der Waals surface area contributed by atoms with Crippen LogP contribution in [0.5, 0.6) is 0 Å². The summed E-state index contributed by atoms with van der Waals surface area (Å²) < 4.78 is 29.6. The highest BCUT2D eigenvalue weighted by Crippen LogP contribution is 2.31. The van der Waals surface area contributed by atoms with Crippen LogP contribution >= 0.6 is 11.5 Å². The van der Waals surface area contributed by atoms with E-state index in [9.17, 15) is 13.2 Å². The van der Waals surface area contributed by atoms with E-state index < -0.39 is 10.0 Å². The maximum absolute atomic E-state index is 12.1. The van der Waals surface area contributed by atoms with Crippen LogP contribution in [-0.4, -0.2) is 59.5 Å². The Labute approximate surface area is 121 Å². The average molecular weight is 316 g/mol. The second-order valence-corrected chi connectivity index (χ2v) is 7.84. The molecule has 1 N–H and O–H groups in total. The fourth-order valence-electron chi connectivity index (χ4n) is 2.19.